The number of halogens is 1. The zero-order chi connectivity index (χ0) is 16.4. The number of rotatable bonds is 3. The molecule has 0 bridgehead atoms. The summed E-state index contributed by atoms with van der Waals surface area (Å²) in [6.45, 7) is 0.583. The molecule has 1 aromatic heterocycles. The van der Waals surface area contributed by atoms with Crippen LogP contribution in [0.4, 0.5) is 0 Å². The normalized spacial score (nSPS) is 18.0. The van der Waals surface area contributed by atoms with E-state index in [2.05, 4.69) is 21.0 Å². The van der Waals surface area contributed by atoms with Gasteiger partial charge in [-0.05, 0) is 24.3 Å². The van der Waals surface area contributed by atoms with Gasteiger partial charge in [-0.25, -0.2) is 9.48 Å². The second kappa shape index (κ2) is 6.51. The van der Waals surface area contributed by atoms with Crippen LogP contribution in [0.5, 0.6) is 0 Å². The van der Waals surface area contributed by atoms with E-state index >= 15 is 0 Å². The number of amides is 1. The summed E-state index contributed by atoms with van der Waals surface area (Å²) in [5.74, 6) is -1.37. The summed E-state index contributed by atoms with van der Waals surface area (Å²) in [4.78, 5) is 24.9. The quantitative estimate of drug-likeness (QED) is 0.874. The van der Waals surface area contributed by atoms with Gasteiger partial charge in [0.1, 0.15) is 0 Å². The van der Waals surface area contributed by atoms with Crippen LogP contribution in [0.1, 0.15) is 10.5 Å². The van der Waals surface area contributed by atoms with Gasteiger partial charge in [0.05, 0.1) is 18.8 Å². The maximum atomic E-state index is 12.5. The Bertz CT molecular complexity index is 746. The molecule has 0 saturated carbocycles. The van der Waals surface area contributed by atoms with E-state index in [0.29, 0.717) is 6.54 Å². The molecule has 0 spiro atoms. The van der Waals surface area contributed by atoms with Crippen LogP contribution in [-0.4, -0.2) is 57.5 Å². The van der Waals surface area contributed by atoms with Crippen molar-refractivity contribution in [3.05, 3.63) is 46.7 Å². The SMILES string of the molecule is O=C(O)C1CN(C(=O)c2ccn(-c3cccc(Br)c3)n2)CCO1. The smallest absolute Gasteiger partial charge is 0.334 e. The third kappa shape index (κ3) is 3.43. The molecular formula is C15H14BrN3O4. The summed E-state index contributed by atoms with van der Waals surface area (Å²) in [5.41, 5.74) is 1.10. The lowest BCUT2D eigenvalue weighted by Gasteiger charge is -2.30. The van der Waals surface area contributed by atoms with Crippen LogP contribution in [0, 0.1) is 0 Å². The molecule has 120 valence electrons. The van der Waals surface area contributed by atoms with Gasteiger partial charge in [-0.1, -0.05) is 22.0 Å². The highest BCUT2D eigenvalue weighted by molar-refractivity contribution is 9.10. The highest BCUT2D eigenvalue weighted by Gasteiger charge is 2.30. The minimum atomic E-state index is -1.07. The zero-order valence-electron chi connectivity index (χ0n) is 12.1. The third-order valence-corrected chi connectivity index (χ3v) is 4.00. The first kappa shape index (κ1) is 15.7. The van der Waals surface area contributed by atoms with E-state index in [-0.39, 0.29) is 24.8 Å². The van der Waals surface area contributed by atoms with Crippen molar-refractivity contribution in [1.29, 1.82) is 0 Å². The molecule has 3 rings (SSSR count). The first-order valence-corrected chi connectivity index (χ1v) is 7.79. The average Bonchev–Trinajstić information content (AvgIpc) is 3.04. The predicted octanol–water partition coefficient (Wildman–Crippen LogP) is 1.56. The fourth-order valence-electron chi connectivity index (χ4n) is 2.35. The summed E-state index contributed by atoms with van der Waals surface area (Å²) in [5, 5.41) is 13.3. The van der Waals surface area contributed by atoms with Gasteiger partial charge < -0.3 is 14.7 Å². The Morgan fingerprint density at radius 2 is 2.17 bits per heavy atom. The number of benzene rings is 1. The molecule has 2 aromatic rings. The first-order chi connectivity index (χ1) is 11.0. The van der Waals surface area contributed by atoms with Gasteiger partial charge in [0.25, 0.3) is 5.91 Å². The van der Waals surface area contributed by atoms with Gasteiger partial charge in [-0.3, -0.25) is 4.79 Å². The molecular weight excluding hydrogens is 366 g/mol. The van der Waals surface area contributed by atoms with Crippen molar-refractivity contribution in [3.63, 3.8) is 0 Å². The molecule has 0 radical (unpaired) electrons. The minimum Gasteiger partial charge on any atom is -0.479 e. The van der Waals surface area contributed by atoms with E-state index in [1.165, 1.54) is 4.90 Å². The van der Waals surface area contributed by atoms with Crippen LogP contribution in [0.15, 0.2) is 41.0 Å². The largest absolute Gasteiger partial charge is 0.479 e. The molecule has 2 heterocycles. The number of carbonyl (C=O) groups excluding carboxylic acids is 1. The molecule has 23 heavy (non-hydrogen) atoms. The Morgan fingerprint density at radius 3 is 2.91 bits per heavy atom. The monoisotopic (exact) mass is 379 g/mol. The van der Waals surface area contributed by atoms with E-state index in [1.807, 2.05) is 24.3 Å². The maximum absolute atomic E-state index is 12.5. The second-order valence-electron chi connectivity index (χ2n) is 5.07. The van der Waals surface area contributed by atoms with Crippen molar-refractivity contribution in [2.45, 2.75) is 6.10 Å². The molecule has 1 unspecified atom stereocenters. The van der Waals surface area contributed by atoms with Gasteiger partial charge in [0.2, 0.25) is 0 Å². The number of nitrogens with zero attached hydrogens (tertiary/aromatic N) is 3. The summed E-state index contributed by atoms with van der Waals surface area (Å²) in [6.07, 6.45) is 0.712. The second-order valence-corrected chi connectivity index (χ2v) is 5.99. The lowest BCUT2D eigenvalue weighted by molar-refractivity contribution is -0.154. The Labute approximate surface area is 140 Å². The van der Waals surface area contributed by atoms with Crippen molar-refractivity contribution in [2.24, 2.45) is 0 Å². The van der Waals surface area contributed by atoms with Crippen molar-refractivity contribution in [3.8, 4) is 5.69 Å². The number of carboxylic acids is 1. The fourth-order valence-corrected chi connectivity index (χ4v) is 2.73. The predicted molar refractivity (Wildman–Crippen MR) is 84.5 cm³/mol. The molecule has 1 aliphatic heterocycles. The molecule has 1 N–H and O–H groups in total. The number of aliphatic carboxylic acids is 1. The van der Waals surface area contributed by atoms with Gasteiger partial charge in [0, 0.05) is 17.2 Å². The van der Waals surface area contributed by atoms with Crippen molar-refractivity contribution in [2.75, 3.05) is 19.7 Å². The van der Waals surface area contributed by atoms with E-state index in [0.717, 1.165) is 10.2 Å². The molecule has 0 aliphatic carbocycles. The summed E-state index contributed by atoms with van der Waals surface area (Å²) in [6, 6.07) is 9.16. The lowest BCUT2D eigenvalue weighted by Crippen LogP contribution is -2.48. The molecule has 8 heteroatoms. The van der Waals surface area contributed by atoms with Crippen LogP contribution in [0.3, 0.4) is 0 Å². The molecule has 1 saturated heterocycles. The number of hydrogen-bond donors (Lipinski definition) is 1. The Morgan fingerprint density at radius 1 is 1.35 bits per heavy atom. The highest BCUT2D eigenvalue weighted by Crippen LogP contribution is 2.16. The zero-order valence-corrected chi connectivity index (χ0v) is 13.6. The molecule has 1 fully saturated rings. The lowest BCUT2D eigenvalue weighted by atomic mass is 10.2. The van der Waals surface area contributed by atoms with Gasteiger partial charge in [-0.2, -0.15) is 5.10 Å². The van der Waals surface area contributed by atoms with E-state index in [9.17, 15) is 9.59 Å². The number of carbonyl (C=O) groups is 2. The van der Waals surface area contributed by atoms with Crippen LogP contribution < -0.4 is 0 Å². The maximum Gasteiger partial charge on any atom is 0.334 e. The molecule has 1 atom stereocenters. The molecule has 1 aliphatic rings. The van der Waals surface area contributed by atoms with Crippen LogP contribution in [0.2, 0.25) is 0 Å². The number of ether oxygens (including phenoxy) is 1. The van der Waals surface area contributed by atoms with Gasteiger partial charge in [-0.15, -0.1) is 0 Å². The summed E-state index contributed by atoms with van der Waals surface area (Å²) in [7, 11) is 0. The van der Waals surface area contributed by atoms with Crippen LogP contribution in [-0.2, 0) is 9.53 Å². The number of morpholine rings is 1. The van der Waals surface area contributed by atoms with E-state index in [4.69, 9.17) is 9.84 Å². The minimum absolute atomic E-state index is 0.0257. The van der Waals surface area contributed by atoms with E-state index in [1.54, 1.807) is 16.9 Å². The van der Waals surface area contributed by atoms with Crippen LogP contribution in [0.25, 0.3) is 5.69 Å². The molecule has 7 nitrogen and oxygen atoms in total. The number of hydrogen-bond acceptors (Lipinski definition) is 4. The first-order valence-electron chi connectivity index (χ1n) is 7.00. The highest BCUT2D eigenvalue weighted by atomic mass is 79.9. The third-order valence-electron chi connectivity index (χ3n) is 3.51. The topological polar surface area (TPSA) is 84.7 Å². The average molecular weight is 380 g/mol. The number of carboxylic acid groups (broad SMARTS) is 1. The van der Waals surface area contributed by atoms with Crippen LogP contribution >= 0.6 is 15.9 Å². The van der Waals surface area contributed by atoms with Gasteiger partial charge >= 0.3 is 5.97 Å². The Kier molecular flexibility index (Phi) is 4.44. The van der Waals surface area contributed by atoms with Crippen molar-refractivity contribution < 1.29 is 19.4 Å². The van der Waals surface area contributed by atoms with Crippen molar-refractivity contribution >= 4 is 27.8 Å². The molecule has 1 aromatic carbocycles. The Balaban J connectivity index is 1.77. The Hall–Kier alpha value is -2.19. The van der Waals surface area contributed by atoms with Crippen molar-refractivity contribution in [1.82, 2.24) is 14.7 Å². The fraction of sp³-hybridized carbons (Fsp3) is 0.267. The van der Waals surface area contributed by atoms with Gasteiger partial charge in [0.15, 0.2) is 11.8 Å². The summed E-state index contributed by atoms with van der Waals surface area (Å²) >= 11 is 3.39. The summed E-state index contributed by atoms with van der Waals surface area (Å²) < 4.78 is 7.64. The van der Waals surface area contributed by atoms with E-state index < -0.39 is 12.1 Å². The molecule has 1 amide bonds. The standard InChI is InChI=1S/C15H14BrN3O4/c16-10-2-1-3-11(8-10)19-5-4-12(17-19)14(20)18-6-7-23-13(9-18)15(21)22/h1-5,8,13H,6-7,9H2,(H,21,22). The number of aromatic nitrogens is 2.